The van der Waals surface area contributed by atoms with Crippen molar-refractivity contribution in [3.8, 4) is 0 Å². The third-order valence-electron chi connectivity index (χ3n) is 7.25. The molecular formula is C29H33Cl2N7O2S. The first kappa shape index (κ1) is 29.4. The Balaban J connectivity index is 1.11. The normalized spacial score (nSPS) is 17.9. The molecule has 9 nitrogen and oxygen atoms in total. The van der Waals surface area contributed by atoms with Crippen LogP contribution in [-0.4, -0.2) is 94.2 Å². The molecule has 1 N–H and O–H groups in total. The number of carbonyl (C=O) groups excluding carboxylic acids is 2. The summed E-state index contributed by atoms with van der Waals surface area (Å²) in [6.07, 6.45) is 0. The molecule has 1 aromatic heterocycles. The predicted molar refractivity (Wildman–Crippen MR) is 165 cm³/mol. The summed E-state index contributed by atoms with van der Waals surface area (Å²) < 4.78 is 0. The molecule has 0 spiro atoms. The highest BCUT2D eigenvalue weighted by Gasteiger charge is 2.29. The van der Waals surface area contributed by atoms with E-state index in [9.17, 15) is 9.59 Å². The molecule has 41 heavy (non-hydrogen) atoms. The van der Waals surface area contributed by atoms with E-state index in [1.807, 2.05) is 24.0 Å². The van der Waals surface area contributed by atoms with Gasteiger partial charge in [0.05, 0.1) is 5.75 Å². The smallest absolute Gasteiger partial charge is 0.322 e. The topological polar surface area (TPSA) is 84.9 Å². The van der Waals surface area contributed by atoms with E-state index in [-0.39, 0.29) is 23.7 Å². The number of carbonyl (C=O) groups is 2. The minimum absolute atomic E-state index is 0.0603. The number of hydrogen-bond donors (Lipinski definition) is 1. The second-order valence-electron chi connectivity index (χ2n) is 10.2. The standard InChI is InChI=1S/C29H33Cl2N7O2S/c1-21-18-37(14-15-38(21)29(40)32-24-9-5-8-23(30)16-24)26-17-25(31)33-28(34-26)41-20-27(39)36-12-10-35(11-13-36)19-22-6-3-2-4-7-22/h2-9,16-17,21H,10-15,18-20H2,1H3,(H,32,40). The fourth-order valence-electron chi connectivity index (χ4n) is 5.06. The molecule has 5 rings (SSSR count). The molecule has 0 radical (unpaired) electrons. The Morgan fingerprint density at radius 1 is 0.951 bits per heavy atom. The molecule has 0 bridgehead atoms. The van der Waals surface area contributed by atoms with Crippen LogP contribution in [0.4, 0.5) is 16.3 Å². The van der Waals surface area contributed by atoms with E-state index in [1.165, 1.54) is 17.3 Å². The molecule has 3 amide bonds. The number of hydrogen-bond acceptors (Lipinski definition) is 7. The van der Waals surface area contributed by atoms with Gasteiger partial charge in [-0.3, -0.25) is 9.69 Å². The number of thioether (sulfide) groups is 1. The number of urea groups is 1. The molecular weight excluding hydrogens is 581 g/mol. The first-order valence-electron chi connectivity index (χ1n) is 13.6. The minimum atomic E-state index is -0.171. The highest BCUT2D eigenvalue weighted by atomic mass is 35.5. The van der Waals surface area contributed by atoms with Crippen LogP contribution in [0.15, 0.2) is 65.8 Å². The van der Waals surface area contributed by atoms with Gasteiger partial charge in [-0.2, -0.15) is 0 Å². The van der Waals surface area contributed by atoms with E-state index in [1.54, 1.807) is 29.2 Å². The summed E-state index contributed by atoms with van der Waals surface area (Å²) in [6, 6.07) is 19.0. The van der Waals surface area contributed by atoms with Gasteiger partial charge < -0.3 is 20.0 Å². The second kappa shape index (κ2) is 13.7. The Hall–Kier alpha value is -3.05. The van der Waals surface area contributed by atoms with Crippen LogP contribution in [0.3, 0.4) is 0 Å². The molecule has 12 heteroatoms. The number of piperazine rings is 2. The molecule has 1 unspecified atom stereocenters. The monoisotopic (exact) mass is 613 g/mol. The Kier molecular flexibility index (Phi) is 9.87. The summed E-state index contributed by atoms with van der Waals surface area (Å²) in [6.45, 7) is 7.73. The first-order chi connectivity index (χ1) is 19.8. The SMILES string of the molecule is CC1CN(c2cc(Cl)nc(SCC(=O)N3CCN(Cc4ccccc4)CC3)n2)CCN1C(=O)Nc1cccc(Cl)c1. The summed E-state index contributed by atoms with van der Waals surface area (Å²) in [5, 5.41) is 4.28. The lowest BCUT2D eigenvalue weighted by Gasteiger charge is -2.40. The average molecular weight is 615 g/mol. The number of halogens is 2. The number of aromatic nitrogens is 2. The fraction of sp³-hybridized carbons (Fsp3) is 0.379. The van der Waals surface area contributed by atoms with Crippen molar-refractivity contribution < 1.29 is 9.59 Å². The van der Waals surface area contributed by atoms with Crippen LogP contribution < -0.4 is 10.2 Å². The van der Waals surface area contributed by atoms with Crippen LogP contribution in [0.2, 0.25) is 10.2 Å². The average Bonchev–Trinajstić information content (AvgIpc) is 2.96. The Morgan fingerprint density at radius 2 is 1.73 bits per heavy atom. The van der Waals surface area contributed by atoms with Gasteiger partial charge >= 0.3 is 6.03 Å². The van der Waals surface area contributed by atoms with Crippen molar-refractivity contribution in [2.75, 3.05) is 61.8 Å². The van der Waals surface area contributed by atoms with Gasteiger partial charge in [0, 0.05) is 75.2 Å². The molecule has 1 atom stereocenters. The molecule has 2 fully saturated rings. The first-order valence-corrected chi connectivity index (χ1v) is 15.4. The molecule has 2 aliphatic rings. The highest BCUT2D eigenvalue weighted by Crippen LogP contribution is 2.25. The van der Waals surface area contributed by atoms with Crippen LogP contribution in [0.25, 0.3) is 0 Å². The maximum absolute atomic E-state index is 12.9. The molecule has 3 heterocycles. The van der Waals surface area contributed by atoms with Crippen molar-refractivity contribution in [3.63, 3.8) is 0 Å². The van der Waals surface area contributed by atoms with Crippen molar-refractivity contribution in [1.82, 2.24) is 24.7 Å². The molecule has 2 saturated heterocycles. The van der Waals surface area contributed by atoms with E-state index >= 15 is 0 Å². The van der Waals surface area contributed by atoms with Gasteiger partial charge in [-0.25, -0.2) is 14.8 Å². The van der Waals surface area contributed by atoms with Gasteiger partial charge in [0.15, 0.2) is 5.16 Å². The molecule has 0 aliphatic carbocycles. The number of benzene rings is 2. The van der Waals surface area contributed by atoms with Crippen LogP contribution in [0, 0.1) is 0 Å². The summed E-state index contributed by atoms with van der Waals surface area (Å²) in [5.74, 6) is 1.02. The van der Waals surface area contributed by atoms with Gasteiger partial charge in [-0.1, -0.05) is 71.4 Å². The fourth-order valence-corrected chi connectivity index (χ4v) is 6.23. The van der Waals surface area contributed by atoms with Crippen LogP contribution in [0.5, 0.6) is 0 Å². The third kappa shape index (κ3) is 8.03. The largest absolute Gasteiger partial charge is 0.353 e. The predicted octanol–water partition coefficient (Wildman–Crippen LogP) is 4.96. The van der Waals surface area contributed by atoms with E-state index in [4.69, 9.17) is 28.2 Å². The van der Waals surface area contributed by atoms with Gasteiger partial charge in [0.2, 0.25) is 5.91 Å². The molecule has 2 aliphatic heterocycles. The van der Waals surface area contributed by atoms with Gasteiger partial charge in [-0.15, -0.1) is 0 Å². The number of rotatable bonds is 7. The van der Waals surface area contributed by atoms with E-state index in [2.05, 4.69) is 44.4 Å². The maximum atomic E-state index is 12.9. The van der Waals surface area contributed by atoms with Crippen molar-refractivity contribution in [1.29, 1.82) is 0 Å². The molecule has 0 saturated carbocycles. The van der Waals surface area contributed by atoms with Crippen molar-refractivity contribution in [2.24, 2.45) is 0 Å². The summed E-state index contributed by atoms with van der Waals surface area (Å²) in [7, 11) is 0. The molecule has 3 aromatic rings. The Bertz CT molecular complexity index is 1360. The molecule has 2 aromatic carbocycles. The van der Waals surface area contributed by atoms with Gasteiger partial charge in [0.1, 0.15) is 11.0 Å². The Labute approximate surface area is 254 Å². The lowest BCUT2D eigenvalue weighted by atomic mass is 10.2. The highest BCUT2D eigenvalue weighted by molar-refractivity contribution is 7.99. The van der Waals surface area contributed by atoms with E-state index in [0.29, 0.717) is 59.6 Å². The van der Waals surface area contributed by atoms with Gasteiger partial charge in [0.25, 0.3) is 0 Å². The summed E-state index contributed by atoms with van der Waals surface area (Å²) in [5.41, 5.74) is 1.94. The van der Waals surface area contributed by atoms with Crippen molar-refractivity contribution >= 4 is 58.4 Å². The summed E-state index contributed by atoms with van der Waals surface area (Å²) >= 11 is 13.7. The number of nitrogens with zero attached hydrogens (tertiary/aromatic N) is 6. The minimum Gasteiger partial charge on any atom is -0.353 e. The maximum Gasteiger partial charge on any atom is 0.322 e. The van der Waals surface area contributed by atoms with Crippen LogP contribution >= 0.6 is 35.0 Å². The molecule has 216 valence electrons. The van der Waals surface area contributed by atoms with E-state index in [0.717, 1.165) is 19.6 Å². The van der Waals surface area contributed by atoms with Gasteiger partial charge in [-0.05, 0) is 30.7 Å². The lowest BCUT2D eigenvalue weighted by Crippen LogP contribution is -2.55. The number of anilines is 2. The van der Waals surface area contributed by atoms with Crippen molar-refractivity contribution in [2.45, 2.75) is 24.7 Å². The second-order valence-corrected chi connectivity index (χ2v) is 12.0. The van der Waals surface area contributed by atoms with E-state index < -0.39 is 0 Å². The summed E-state index contributed by atoms with van der Waals surface area (Å²) in [4.78, 5) is 43.0. The zero-order chi connectivity index (χ0) is 28.8. The third-order valence-corrected chi connectivity index (χ3v) is 8.51. The number of amides is 3. The quantitative estimate of drug-likeness (QED) is 0.229. The van der Waals surface area contributed by atoms with Crippen LogP contribution in [-0.2, 0) is 11.3 Å². The zero-order valence-electron chi connectivity index (χ0n) is 22.9. The van der Waals surface area contributed by atoms with Crippen LogP contribution in [0.1, 0.15) is 12.5 Å². The number of nitrogens with one attached hydrogen (secondary N) is 1. The van der Waals surface area contributed by atoms with Crippen molar-refractivity contribution in [3.05, 3.63) is 76.4 Å². The zero-order valence-corrected chi connectivity index (χ0v) is 25.2. The Morgan fingerprint density at radius 3 is 2.46 bits per heavy atom. The lowest BCUT2D eigenvalue weighted by molar-refractivity contribution is -0.130.